The summed E-state index contributed by atoms with van der Waals surface area (Å²) in [6.07, 6.45) is -7.28. The van der Waals surface area contributed by atoms with Crippen LogP contribution in [0.3, 0.4) is 0 Å². The summed E-state index contributed by atoms with van der Waals surface area (Å²) in [5.41, 5.74) is -4.66. The van der Waals surface area contributed by atoms with Crippen molar-refractivity contribution in [2.24, 2.45) is 0 Å². The van der Waals surface area contributed by atoms with Crippen molar-refractivity contribution in [2.75, 3.05) is 0 Å². The maximum absolute atomic E-state index is 14.8. The highest BCUT2D eigenvalue weighted by Gasteiger charge is 2.63. The van der Waals surface area contributed by atoms with E-state index in [4.69, 9.17) is 4.74 Å². The van der Waals surface area contributed by atoms with Crippen LogP contribution in [0.25, 0.3) is 0 Å². The summed E-state index contributed by atoms with van der Waals surface area (Å²) in [4.78, 5) is 48.2. The van der Waals surface area contributed by atoms with Crippen molar-refractivity contribution in [3.8, 4) is 0 Å². The van der Waals surface area contributed by atoms with Gasteiger partial charge in [0.15, 0.2) is 29.6 Å². The first-order chi connectivity index (χ1) is 11.0. The number of H-pyrrole nitrogens is 1. The summed E-state index contributed by atoms with van der Waals surface area (Å²) in [7, 11) is 0. The lowest BCUT2D eigenvalue weighted by Crippen LogP contribution is -2.57. The molecule has 1 saturated heterocycles. The van der Waals surface area contributed by atoms with Gasteiger partial charge in [-0.15, -0.1) is 0 Å². The molecule has 2 rings (SSSR count). The topological polar surface area (TPSA) is 139 Å². The molecule has 11 heteroatoms. The molecule has 0 aromatic carbocycles. The first-order valence-corrected chi connectivity index (χ1v) is 7.53. The van der Waals surface area contributed by atoms with E-state index in [1.165, 1.54) is 0 Å². The van der Waals surface area contributed by atoms with Gasteiger partial charge in [-0.1, -0.05) is 0 Å². The first-order valence-electron chi connectivity index (χ1n) is 6.74. The van der Waals surface area contributed by atoms with Crippen molar-refractivity contribution in [3.63, 3.8) is 0 Å². The van der Waals surface area contributed by atoms with Gasteiger partial charge in [-0.2, -0.15) is 0 Å². The number of aromatic nitrogens is 2. The number of Topliss-reactive ketones (excluding diaryl/α,β-unsaturated/α-hetero) is 2. The molecule has 5 atom stereocenters. The molecule has 0 spiro atoms. The number of aromatic amines is 1. The van der Waals surface area contributed by atoms with Crippen molar-refractivity contribution < 1.29 is 28.9 Å². The summed E-state index contributed by atoms with van der Waals surface area (Å²) in [5, 5.41) is 20.3. The molecule has 24 heavy (non-hydrogen) atoms. The van der Waals surface area contributed by atoms with Gasteiger partial charge in [0.1, 0.15) is 12.2 Å². The van der Waals surface area contributed by atoms with Crippen LogP contribution in [0.1, 0.15) is 20.1 Å². The Labute approximate surface area is 142 Å². The summed E-state index contributed by atoms with van der Waals surface area (Å²) in [6, 6.07) is 0. The van der Waals surface area contributed by atoms with Crippen LogP contribution in [-0.2, 0) is 14.3 Å². The fourth-order valence-electron chi connectivity index (χ4n) is 2.48. The molecule has 1 aliphatic heterocycles. The Hall–Kier alpha value is -1.69. The Morgan fingerprint density at radius 3 is 2.54 bits per heavy atom. The fourth-order valence-corrected chi connectivity index (χ4v) is 2.80. The SMILES string of the molecule is CC(=O)C(O)[C@H]1O[C@@H](n2cc(Br)c(=O)[nH]c2=O)C(F)[C@@]1(O)C(C)=O. The lowest BCUT2D eigenvalue weighted by atomic mass is 9.85. The number of hydrogen-bond donors (Lipinski definition) is 3. The Morgan fingerprint density at radius 1 is 1.46 bits per heavy atom. The van der Waals surface area contributed by atoms with Crippen molar-refractivity contribution >= 4 is 27.5 Å². The van der Waals surface area contributed by atoms with Gasteiger partial charge in [0.05, 0.1) is 4.47 Å². The van der Waals surface area contributed by atoms with Gasteiger partial charge < -0.3 is 14.9 Å². The fraction of sp³-hybridized carbons (Fsp3) is 0.538. The van der Waals surface area contributed by atoms with Crippen LogP contribution >= 0.6 is 15.9 Å². The minimum Gasteiger partial charge on any atom is -0.382 e. The predicted molar refractivity (Wildman–Crippen MR) is 80.1 cm³/mol. The average Bonchev–Trinajstić information content (AvgIpc) is 2.76. The van der Waals surface area contributed by atoms with E-state index in [0.717, 1.165) is 20.0 Å². The molecule has 0 saturated carbocycles. The summed E-state index contributed by atoms with van der Waals surface area (Å²) < 4.78 is 20.4. The van der Waals surface area contributed by atoms with E-state index in [-0.39, 0.29) is 4.47 Å². The lowest BCUT2D eigenvalue weighted by molar-refractivity contribution is -0.160. The van der Waals surface area contributed by atoms with E-state index in [9.17, 15) is 33.8 Å². The van der Waals surface area contributed by atoms with Crippen LogP contribution in [0.5, 0.6) is 0 Å². The maximum Gasteiger partial charge on any atom is 0.330 e. The molecule has 0 bridgehead atoms. The zero-order valence-corrected chi connectivity index (χ0v) is 14.1. The van der Waals surface area contributed by atoms with Gasteiger partial charge in [-0.25, -0.2) is 9.18 Å². The van der Waals surface area contributed by atoms with E-state index in [1.807, 2.05) is 4.98 Å². The minimum absolute atomic E-state index is 0.125. The largest absolute Gasteiger partial charge is 0.382 e. The van der Waals surface area contributed by atoms with Gasteiger partial charge in [0, 0.05) is 6.20 Å². The molecule has 0 radical (unpaired) electrons. The number of carbonyl (C=O) groups excluding carboxylic acids is 2. The molecule has 1 aromatic rings. The Balaban J connectivity index is 2.57. The highest BCUT2D eigenvalue weighted by atomic mass is 79.9. The molecule has 132 valence electrons. The number of aliphatic hydroxyl groups excluding tert-OH is 1. The van der Waals surface area contributed by atoms with E-state index in [2.05, 4.69) is 15.9 Å². The van der Waals surface area contributed by atoms with Crippen LogP contribution < -0.4 is 11.2 Å². The van der Waals surface area contributed by atoms with Gasteiger partial charge in [0.2, 0.25) is 0 Å². The molecule has 2 unspecified atom stereocenters. The maximum atomic E-state index is 14.8. The van der Waals surface area contributed by atoms with Crippen LogP contribution in [-0.4, -0.2) is 55.3 Å². The second-order valence-corrected chi connectivity index (χ2v) is 6.28. The smallest absolute Gasteiger partial charge is 0.330 e. The highest BCUT2D eigenvalue weighted by molar-refractivity contribution is 9.10. The predicted octanol–water partition coefficient (Wildman–Crippen LogP) is -1.20. The van der Waals surface area contributed by atoms with Gasteiger partial charge in [-0.05, 0) is 29.8 Å². The number of rotatable bonds is 4. The monoisotopic (exact) mass is 408 g/mol. The van der Waals surface area contributed by atoms with Crippen molar-refractivity contribution in [2.45, 2.75) is 44.1 Å². The van der Waals surface area contributed by atoms with Crippen molar-refractivity contribution in [1.29, 1.82) is 0 Å². The molecular weight excluding hydrogens is 395 g/mol. The summed E-state index contributed by atoms with van der Waals surface area (Å²) >= 11 is 2.86. The van der Waals surface area contributed by atoms with Gasteiger partial charge in [0.25, 0.3) is 5.56 Å². The summed E-state index contributed by atoms with van der Waals surface area (Å²) in [5.74, 6) is -1.94. The van der Waals surface area contributed by atoms with Gasteiger partial charge >= 0.3 is 5.69 Å². The van der Waals surface area contributed by atoms with Gasteiger partial charge in [-0.3, -0.25) is 23.9 Å². The lowest BCUT2D eigenvalue weighted by Gasteiger charge is -2.28. The molecule has 1 fully saturated rings. The van der Waals surface area contributed by atoms with Crippen LogP contribution in [0, 0.1) is 0 Å². The van der Waals surface area contributed by atoms with E-state index in [1.54, 1.807) is 0 Å². The average molecular weight is 409 g/mol. The molecule has 3 N–H and O–H groups in total. The number of alkyl halides is 1. The number of ether oxygens (including phenoxy) is 1. The number of carbonyl (C=O) groups is 2. The third-order valence-electron chi connectivity index (χ3n) is 3.86. The standard InChI is InChI=1S/C13H14BrFN2O7/c1-4(18)7(20)9-13(23,5(2)19)8(15)11(24-9)17-3-6(14)10(21)16-12(17)22/h3,7-9,11,20,23H,1-2H3,(H,16,21,22)/t7?,8?,9-,11-,13+/m1/s1. The summed E-state index contributed by atoms with van der Waals surface area (Å²) in [6.45, 7) is 1.83. The Kier molecular flexibility index (Phi) is 4.91. The Bertz CT molecular complexity index is 806. The zero-order chi connectivity index (χ0) is 18.4. The number of nitrogens with zero attached hydrogens (tertiary/aromatic N) is 1. The van der Waals surface area contributed by atoms with Crippen LogP contribution in [0.2, 0.25) is 0 Å². The molecule has 0 amide bonds. The van der Waals surface area contributed by atoms with E-state index in [0.29, 0.717) is 4.57 Å². The van der Waals surface area contributed by atoms with Crippen molar-refractivity contribution in [1.82, 2.24) is 9.55 Å². The second kappa shape index (κ2) is 6.31. The van der Waals surface area contributed by atoms with Crippen LogP contribution in [0.4, 0.5) is 4.39 Å². The van der Waals surface area contributed by atoms with E-state index < -0.39 is 53.0 Å². The minimum atomic E-state index is -2.84. The third kappa shape index (κ3) is 2.77. The number of ketones is 2. The first kappa shape index (κ1) is 18.6. The molecule has 9 nitrogen and oxygen atoms in total. The number of nitrogens with one attached hydrogen (secondary N) is 1. The van der Waals surface area contributed by atoms with Crippen LogP contribution in [0.15, 0.2) is 20.3 Å². The third-order valence-corrected chi connectivity index (χ3v) is 4.42. The molecule has 1 aliphatic rings. The molecule has 2 heterocycles. The zero-order valence-electron chi connectivity index (χ0n) is 12.5. The molecule has 0 aliphatic carbocycles. The second-order valence-electron chi connectivity index (χ2n) is 5.43. The number of hydrogen-bond acceptors (Lipinski definition) is 7. The normalized spacial score (nSPS) is 31.0. The highest BCUT2D eigenvalue weighted by Crippen LogP contribution is 2.41. The molecular formula is C13H14BrFN2O7. The Morgan fingerprint density at radius 2 is 2.04 bits per heavy atom. The number of halogens is 2. The molecule has 1 aromatic heterocycles. The van der Waals surface area contributed by atoms with E-state index >= 15 is 0 Å². The quantitative estimate of drug-likeness (QED) is 0.568. The van der Waals surface area contributed by atoms with Crippen molar-refractivity contribution in [3.05, 3.63) is 31.5 Å². The number of aliphatic hydroxyl groups is 2.